The maximum Gasteiger partial charge on any atom is 0.253 e. The van der Waals surface area contributed by atoms with Crippen LogP contribution < -0.4 is 16.0 Å². The molecule has 2 amide bonds. The van der Waals surface area contributed by atoms with Gasteiger partial charge >= 0.3 is 0 Å². The highest BCUT2D eigenvalue weighted by Crippen LogP contribution is 2.58. The Balaban J connectivity index is 1.70. The topological polar surface area (TPSA) is 70.2 Å². The van der Waals surface area contributed by atoms with E-state index in [4.69, 9.17) is 0 Å². The average Bonchev–Trinajstić information content (AvgIpc) is 3.20. The van der Waals surface area contributed by atoms with E-state index in [9.17, 15) is 9.59 Å². The van der Waals surface area contributed by atoms with Gasteiger partial charge in [0, 0.05) is 11.5 Å². The van der Waals surface area contributed by atoms with Gasteiger partial charge in [-0.1, -0.05) is 12.1 Å². The van der Waals surface area contributed by atoms with Gasteiger partial charge < -0.3 is 16.0 Å². The predicted molar refractivity (Wildman–Crippen MR) is 94.9 cm³/mol. The van der Waals surface area contributed by atoms with Gasteiger partial charge in [0.2, 0.25) is 5.91 Å². The number of nitrogens with one attached hydrogen (secondary N) is 3. The summed E-state index contributed by atoms with van der Waals surface area (Å²) in [5.74, 6) is -0.0305. The zero-order valence-corrected chi connectivity index (χ0v) is 14.7. The molecule has 0 aromatic heterocycles. The van der Waals surface area contributed by atoms with Crippen molar-refractivity contribution in [1.82, 2.24) is 10.6 Å². The summed E-state index contributed by atoms with van der Waals surface area (Å²) in [6.45, 7) is 7.81. The first kappa shape index (κ1) is 17.0. The highest BCUT2D eigenvalue weighted by Gasteiger charge is 2.57. The van der Waals surface area contributed by atoms with Crippen LogP contribution in [0.15, 0.2) is 24.3 Å². The van der Waals surface area contributed by atoms with Crippen LogP contribution in [0.3, 0.4) is 0 Å². The molecule has 1 saturated heterocycles. The first-order valence-corrected chi connectivity index (χ1v) is 8.74. The molecule has 1 aliphatic heterocycles. The summed E-state index contributed by atoms with van der Waals surface area (Å²) in [5, 5.41) is 9.29. The van der Waals surface area contributed by atoms with Crippen molar-refractivity contribution in [3.05, 3.63) is 29.8 Å². The van der Waals surface area contributed by atoms with Gasteiger partial charge in [0.15, 0.2) is 0 Å². The molecular weight excluding hydrogens is 302 g/mol. The van der Waals surface area contributed by atoms with Crippen LogP contribution in [0.2, 0.25) is 0 Å². The summed E-state index contributed by atoms with van der Waals surface area (Å²) in [7, 11) is 0. The Labute approximate surface area is 143 Å². The summed E-state index contributed by atoms with van der Waals surface area (Å²) < 4.78 is 0. The fourth-order valence-electron chi connectivity index (χ4n) is 3.61. The Hall–Kier alpha value is -1.88. The SMILES string of the molecule is CC(C)(C)NC(=O)c1ccccc1NC(=O)C1CC12CCNCC2. The van der Waals surface area contributed by atoms with Crippen LogP contribution in [0.5, 0.6) is 0 Å². The number of piperidine rings is 1. The van der Waals surface area contributed by atoms with Crippen molar-refractivity contribution in [3.8, 4) is 0 Å². The van der Waals surface area contributed by atoms with Crippen LogP contribution in [0.25, 0.3) is 0 Å². The van der Waals surface area contributed by atoms with Crippen molar-refractivity contribution >= 4 is 17.5 Å². The molecule has 1 unspecified atom stereocenters. The molecule has 5 nitrogen and oxygen atoms in total. The van der Waals surface area contributed by atoms with E-state index in [1.54, 1.807) is 12.1 Å². The molecule has 2 aliphatic rings. The monoisotopic (exact) mass is 329 g/mol. The quantitative estimate of drug-likeness (QED) is 0.798. The number of hydrogen-bond donors (Lipinski definition) is 3. The van der Waals surface area contributed by atoms with Crippen molar-refractivity contribution < 1.29 is 9.59 Å². The lowest BCUT2D eigenvalue weighted by atomic mass is 9.91. The first-order valence-electron chi connectivity index (χ1n) is 8.74. The van der Waals surface area contributed by atoms with Gasteiger partial charge in [-0.25, -0.2) is 0 Å². The third-order valence-electron chi connectivity index (χ3n) is 5.02. The van der Waals surface area contributed by atoms with E-state index in [0.717, 1.165) is 32.4 Å². The van der Waals surface area contributed by atoms with Crippen molar-refractivity contribution in [2.45, 2.75) is 45.6 Å². The minimum Gasteiger partial charge on any atom is -0.347 e. The number of para-hydroxylation sites is 1. The number of carbonyl (C=O) groups excluding carboxylic acids is 2. The maximum atomic E-state index is 12.6. The number of anilines is 1. The van der Waals surface area contributed by atoms with Crippen molar-refractivity contribution in [3.63, 3.8) is 0 Å². The number of hydrogen-bond acceptors (Lipinski definition) is 3. The number of amides is 2. The van der Waals surface area contributed by atoms with E-state index in [2.05, 4.69) is 16.0 Å². The molecule has 0 radical (unpaired) electrons. The molecule has 3 N–H and O–H groups in total. The third-order valence-corrected chi connectivity index (χ3v) is 5.02. The van der Waals surface area contributed by atoms with Crippen LogP contribution in [0.4, 0.5) is 5.69 Å². The van der Waals surface area contributed by atoms with Crippen LogP contribution in [-0.2, 0) is 4.79 Å². The largest absolute Gasteiger partial charge is 0.347 e. The van der Waals surface area contributed by atoms with E-state index in [0.29, 0.717) is 11.3 Å². The summed E-state index contributed by atoms with van der Waals surface area (Å²) >= 11 is 0. The second-order valence-electron chi connectivity index (χ2n) is 8.11. The van der Waals surface area contributed by atoms with E-state index in [-0.39, 0.29) is 28.7 Å². The maximum absolute atomic E-state index is 12.6. The zero-order valence-electron chi connectivity index (χ0n) is 14.7. The standard InChI is InChI=1S/C19H27N3O2/c1-18(2,3)22-16(23)13-6-4-5-7-15(13)21-17(24)14-12-19(14)8-10-20-11-9-19/h4-7,14,20H,8-12H2,1-3H3,(H,21,24)(H,22,23). The van der Waals surface area contributed by atoms with Crippen molar-refractivity contribution in [1.29, 1.82) is 0 Å². The minimum absolute atomic E-state index is 0.0490. The lowest BCUT2D eigenvalue weighted by molar-refractivity contribution is -0.118. The molecule has 1 aromatic carbocycles. The number of rotatable bonds is 3. The van der Waals surface area contributed by atoms with E-state index < -0.39 is 0 Å². The second-order valence-corrected chi connectivity index (χ2v) is 8.11. The normalized spacial score (nSPS) is 22.0. The van der Waals surface area contributed by atoms with E-state index >= 15 is 0 Å². The molecule has 1 aliphatic carbocycles. The van der Waals surface area contributed by atoms with Gasteiger partial charge in [-0.3, -0.25) is 9.59 Å². The smallest absolute Gasteiger partial charge is 0.253 e. The molecule has 1 atom stereocenters. The van der Waals surface area contributed by atoms with Crippen molar-refractivity contribution in [2.24, 2.45) is 11.3 Å². The van der Waals surface area contributed by atoms with Gasteiger partial charge in [-0.2, -0.15) is 0 Å². The molecule has 3 rings (SSSR count). The Morgan fingerprint density at radius 1 is 1.17 bits per heavy atom. The van der Waals surface area contributed by atoms with Gasteiger partial charge in [-0.05, 0) is 70.7 Å². The molecule has 5 heteroatoms. The average molecular weight is 329 g/mol. The van der Waals surface area contributed by atoms with E-state index in [1.165, 1.54) is 0 Å². The summed E-state index contributed by atoms with van der Waals surface area (Å²) in [6.07, 6.45) is 3.10. The predicted octanol–water partition coefficient (Wildman–Crippen LogP) is 2.54. The van der Waals surface area contributed by atoms with Gasteiger partial charge in [0.1, 0.15) is 0 Å². The molecule has 1 heterocycles. The molecule has 1 spiro atoms. The van der Waals surface area contributed by atoms with Gasteiger partial charge in [-0.15, -0.1) is 0 Å². The summed E-state index contributed by atoms with van der Waals surface area (Å²) in [4.78, 5) is 25.1. The van der Waals surface area contributed by atoms with Crippen LogP contribution in [0.1, 0.15) is 50.4 Å². The molecule has 1 saturated carbocycles. The highest BCUT2D eigenvalue weighted by molar-refractivity contribution is 6.05. The lowest BCUT2D eigenvalue weighted by Crippen LogP contribution is -2.41. The van der Waals surface area contributed by atoms with Crippen LogP contribution in [-0.4, -0.2) is 30.4 Å². The molecule has 2 fully saturated rings. The summed E-state index contributed by atoms with van der Waals surface area (Å²) in [5.41, 5.74) is 0.989. The summed E-state index contributed by atoms with van der Waals surface area (Å²) in [6, 6.07) is 7.21. The van der Waals surface area contributed by atoms with Crippen LogP contribution in [0, 0.1) is 11.3 Å². The Bertz CT molecular complexity index is 642. The molecule has 130 valence electrons. The number of carbonyl (C=O) groups is 2. The highest BCUT2D eigenvalue weighted by atomic mass is 16.2. The molecular formula is C19H27N3O2. The van der Waals surface area contributed by atoms with E-state index in [1.807, 2.05) is 32.9 Å². The van der Waals surface area contributed by atoms with Crippen molar-refractivity contribution in [2.75, 3.05) is 18.4 Å². The van der Waals surface area contributed by atoms with Crippen LogP contribution >= 0.6 is 0 Å². The zero-order chi connectivity index (χ0) is 17.4. The number of benzene rings is 1. The van der Waals surface area contributed by atoms with Gasteiger partial charge in [0.25, 0.3) is 5.91 Å². The Kier molecular flexibility index (Phi) is 4.38. The fraction of sp³-hybridized carbons (Fsp3) is 0.579. The molecule has 0 bridgehead atoms. The van der Waals surface area contributed by atoms with Gasteiger partial charge in [0.05, 0.1) is 11.3 Å². The second kappa shape index (κ2) is 6.20. The Morgan fingerprint density at radius 2 is 1.83 bits per heavy atom. The molecule has 1 aromatic rings. The minimum atomic E-state index is -0.316. The Morgan fingerprint density at radius 3 is 2.50 bits per heavy atom. The third kappa shape index (κ3) is 3.61. The fourth-order valence-corrected chi connectivity index (χ4v) is 3.61. The molecule has 24 heavy (non-hydrogen) atoms. The first-order chi connectivity index (χ1) is 11.3. The lowest BCUT2D eigenvalue weighted by Gasteiger charge is -2.23.